The average Bonchev–Trinajstić information content (AvgIpc) is 0. The summed E-state index contributed by atoms with van der Waals surface area (Å²) in [7, 11) is 0. The minimum Gasteiger partial charge on any atom is 0 e. The van der Waals surface area contributed by atoms with Gasteiger partial charge in [-0.15, -0.1) is 0 Å². The van der Waals surface area contributed by atoms with Gasteiger partial charge in [0, 0.05) is 87.8 Å². The molecule has 0 aliphatic carbocycles. The van der Waals surface area contributed by atoms with E-state index in [2.05, 4.69) is 0 Å². The normalized spacial score (nSPS) is 0. The second kappa shape index (κ2) is 18.4. The van der Waals surface area contributed by atoms with Gasteiger partial charge < -0.3 is 0 Å². The number of hydrogen-bond donors (Lipinski definition) is 0. The van der Waals surface area contributed by atoms with E-state index in [9.17, 15) is 0 Å². The predicted octanol–water partition coefficient (Wildman–Crippen LogP) is 0. The summed E-state index contributed by atoms with van der Waals surface area (Å²) in [6.07, 6.45) is 0. The molecule has 0 aliphatic rings. The standard InChI is InChI=1S/2Ar.2He. The van der Waals surface area contributed by atoms with E-state index in [1.807, 2.05) is 0 Å². The molecule has 0 N–H and O–H groups in total. The van der Waals surface area contributed by atoms with Gasteiger partial charge in [0.25, 0.3) is 0 Å². The van der Waals surface area contributed by atoms with Crippen molar-refractivity contribution in [2.75, 3.05) is 0 Å². The molecule has 20 valence electrons. The van der Waals surface area contributed by atoms with E-state index in [1.165, 1.54) is 0 Å². The molecular formula is Ar2He2. The Bertz CT molecular complexity index is 4.00. The molecule has 0 radical (unpaired) electrons. The largest absolute Gasteiger partial charge is 0 e. The molecule has 0 bridgehead atoms. The molecular weight excluding hydrogens is 87.9 g/mol. The van der Waals surface area contributed by atoms with Gasteiger partial charge in [-0.1, -0.05) is 0 Å². The molecule has 0 unspecified atom stereocenters. The molecule has 0 aromatic carbocycles. The molecule has 0 nitrogen and oxygen atoms in total. The SMILES string of the molecule is [Ar].[Ar].[He].[He]. The van der Waals surface area contributed by atoms with Crippen LogP contribution < -0.4 is 0 Å². The summed E-state index contributed by atoms with van der Waals surface area (Å²) in [6, 6.07) is 0. The summed E-state index contributed by atoms with van der Waals surface area (Å²) in [5, 5.41) is 0. The van der Waals surface area contributed by atoms with Crippen LogP contribution in [-0.2, 0) is 0 Å². The summed E-state index contributed by atoms with van der Waals surface area (Å²) in [4.78, 5) is 0. The number of rotatable bonds is 0. The van der Waals surface area contributed by atoms with Crippen LogP contribution >= 0.6 is 0 Å². The maximum Gasteiger partial charge on any atom is 0 e. The Hall–Kier alpha value is 2.34. The minimum absolute atomic E-state index is 0. The topological polar surface area (TPSA) is 0 Å². The van der Waals surface area contributed by atoms with Crippen molar-refractivity contribution >= 4 is 0 Å². The molecule has 4 heavy (non-hydrogen) atoms. The zero-order valence-electron chi connectivity index (χ0n) is 2.12. The molecule has 0 aromatic heterocycles. The van der Waals surface area contributed by atoms with Crippen LogP contribution in [0.2, 0.25) is 0 Å². The molecule has 0 fully saturated rings. The van der Waals surface area contributed by atoms with Crippen LogP contribution in [0.4, 0.5) is 0 Å². The molecule has 0 aliphatic heterocycles. The first-order valence-corrected chi connectivity index (χ1v) is 0. The van der Waals surface area contributed by atoms with Gasteiger partial charge in [-0.05, 0) is 0 Å². The predicted molar refractivity (Wildman–Crippen MR) is 0 cm³/mol. The third-order valence-electron chi connectivity index (χ3n) is 0. The van der Waals surface area contributed by atoms with Crippen LogP contribution in [0.25, 0.3) is 0 Å². The van der Waals surface area contributed by atoms with Crippen molar-refractivity contribution in [3.05, 3.63) is 0 Å². The zero-order valence-corrected chi connectivity index (χ0v) is 3.54. The summed E-state index contributed by atoms with van der Waals surface area (Å²) in [6.45, 7) is 0. The molecule has 0 spiro atoms. The van der Waals surface area contributed by atoms with E-state index >= 15 is 0 Å². The molecule has 0 atom stereocenters. The van der Waals surface area contributed by atoms with Gasteiger partial charge in [-0.3, -0.25) is 0 Å². The molecule has 0 rings (SSSR count). The Morgan fingerprint density at radius 1 is 0.500 bits per heavy atom. The third-order valence-corrected chi connectivity index (χ3v) is 0. The fourth-order valence-corrected chi connectivity index (χ4v) is 0. The first-order chi connectivity index (χ1) is 0. The Morgan fingerprint density at radius 2 is 0.500 bits per heavy atom. The van der Waals surface area contributed by atoms with Crippen molar-refractivity contribution in [1.29, 1.82) is 0 Å². The van der Waals surface area contributed by atoms with Crippen LogP contribution in [0.5, 0.6) is 0 Å². The Morgan fingerprint density at radius 3 is 0.500 bits per heavy atom. The Kier molecular flexibility index (Phi) is 152. The monoisotopic (exact) mass is 87.9 g/mol. The zero-order chi connectivity index (χ0) is 0. The first kappa shape index (κ1) is 33.0. The van der Waals surface area contributed by atoms with Crippen molar-refractivity contribution in [1.82, 2.24) is 0 Å². The van der Waals surface area contributed by atoms with Crippen LogP contribution in [0.1, 0.15) is 0 Å². The molecule has 4 heteroatoms. The van der Waals surface area contributed by atoms with Crippen molar-refractivity contribution in [2.45, 2.75) is 0 Å². The van der Waals surface area contributed by atoms with E-state index in [0.29, 0.717) is 0 Å². The van der Waals surface area contributed by atoms with Crippen molar-refractivity contribution in [3.8, 4) is 0 Å². The molecule has 0 saturated heterocycles. The molecule has 0 amide bonds. The second-order valence-electron chi connectivity index (χ2n) is 0. The van der Waals surface area contributed by atoms with E-state index in [4.69, 9.17) is 0 Å². The van der Waals surface area contributed by atoms with Crippen LogP contribution in [-0.4, -0.2) is 0 Å². The van der Waals surface area contributed by atoms with E-state index in [-0.39, 0.29) is 87.8 Å². The Labute approximate surface area is 85.9 Å². The van der Waals surface area contributed by atoms with E-state index in [0.717, 1.165) is 0 Å². The summed E-state index contributed by atoms with van der Waals surface area (Å²) in [5.74, 6) is 0. The van der Waals surface area contributed by atoms with Gasteiger partial charge in [0.15, 0.2) is 0 Å². The van der Waals surface area contributed by atoms with Crippen molar-refractivity contribution < 1.29 is 87.8 Å². The van der Waals surface area contributed by atoms with E-state index in [1.54, 1.807) is 0 Å². The van der Waals surface area contributed by atoms with Crippen LogP contribution in [0.15, 0.2) is 0 Å². The van der Waals surface area contributed by atoms with Gasteiger partial charge in [0.2, 0.25) is 0 Å². The summed E-state index contributed by atoms with van der Waals surface area (Å²) >= 11 is 0. The quantitative estimate of drug-likeness (QED) is 0.391. The summed E-state index contributed by atoms with van der Waals surface area (Å²) < 4.78 is 0. The maximum atomic E-state index is 0. The minimum atomic E-state index is 0. The van der Waals surface area contributed by atoms with Gasteiger partial charge in [0.1, 0.15) is 0 Å². The fraction of sp³-hybridized carbons (Fsp3) is 0. The summed E-state index contributed by atoms with van der Waals surface area (Å²) in [5.41, 5.74) is 0. The second-order valence-corrected chi connectivity index (χ2v) is 0. The third kappa shape index (κ3) is 8.84. The van der Waals surface area contributed by atoms with Crippen molar-refractivity contribution in [3.63, 3.8) is 0 Å². The average molecular weight is 87.9 g/mol. The van der Waals surface area contributed by atoms with Gasteiger partial charge in [-0.2, -0.15) is 0 Å². The van der Waals surface area contributed by atoms with Crippen molar-refractivity contribution in [2.24, 2.45) is 0 Å². The van der Waals surface area contributed by atoms with Crippen LogP contribution in [0.3, 0.4) is 0 Å². The Balaban J connectivity index is 0. The van der Waals surface area contributed by atoms with E-state index < -0.39 is 0 Å². The number of hydrogen-bond acceptors (Lipinski definition) is 0. The molecule has 0 saturated carbocycles. The van der Waals surface area contributed by atoms with Gasteiger partial charge in [0.05, 0.1) is 0 Å². The van der Waals surface area contributed by atoms with Crippen LogP contribution in [0, 0.1) is 87.8 Å². The molecule has 0 aromatic rings. The van der Waals surface area contributed by atoms with Gasteiger partial charge in [-0.25, -0.2) is 0 Å². The molecule has 0 heterocycles. The van der Waals surface area contributed by atoms with Gasteiger partial charge >= 0.3 is 0 Å². The smallest absolute Gasteiger partial charge is 0 e. The maximum absolute atomic E-state index is 0. The fourth-order valence-electron chi connectivity index (χ4n) is 0. The first-order valence-electron chi connectivity index (χ1n) is 0.